The number of rotatable bonds is 0. The monoisotopic (exact) mass is 220 g/mol. The summed E-state index contributed by atoms with van der Waals surface area (Å²) >= 11 is 0. The van der Waals surface area contributed by atoms with Crippen LogP contribution < -0.4 is 0 Å². The van der Waals surface area contributed by atoms with Gasteiger partial charge in [-0.25, -0.2) is 0 Å². The van der Waals surface area contributed by atoms with Gasteiger partial charge in [-0.2, -0.15) is 0 Å². The smallest absolute Gasteiger partial charge is 0.135 e. The molecule has 0 fully saturated rings. The minimum Gasteiger partial charge on any atom is -0.135 e. The Labute approximate surface area is 76.2 Å². The third-order valence-electron chi connectivity index (χ3n) is 2.24. The van der Waals surface area contributed by atoms with E-state index in [9.17, 15) is 0 Å². The quantitative estimate of drug-likeness (QED) is 0.435. The summed E-state index contributed by atoms with van der Waals surface area (Å²) in [5.41, 5.74) is 2.92. The van der Waals surface area contributed by atoms with Crippen LogP contribution in [0.2, 0.25) is 18.1 Å². The second kappa shape index (κ2) is 3.59. The molecule has 0 saturated heterocycles. The van der Waals surface area contributed by atoms with E-state index in [4.69, 9.17) is 6.42 Å². The Hall–Kier alpha value is 0.257. The molecule has 0 aromatic carbocycles. The number of hydrogen-bond donors (Lipinski definition) is 0. The van der Waals surface area contributed by atoms with E-state index in [0.29, 0.717) is 5.04 Å². The first-order chi connectivity index (χ1) is 3.81. The summed E-state index contributed by atoms with van der Waals surface area (Å²) in [6.07, 6.45) is 5.40. The fourth-order valence-electron chi connectivity index (χ4n) is 0.217. The Morgan fingerprint density at radius 3 is 1.50 bits per heavy atom. The lowest BCUT2D eigenvalue weighted by molar-refractivity contribution is 0.731. The molecule has 0 aromatic heterocycles. The number of terminal acetylenes is 1. The maximum atomic E-state index is 5.40. The van der Waals surface area contributed by atoms with Gasteiger partial charge in [-0.3, -0.25) is 0 Å². The minimum atomic E-state index is -1.35. The van der Waals surface area contributed by atoms with Crippen LogP contribution in [-0.2, 0) is 0 Å². The van der Waals surface area contributed by atoms with Gasteiger partial charge in [0.15, 0.2) is 0 Å². The van der Waals surface area contributed by atoms with Gasteiger partial charge in [-0.15, -0.1) is 28.9 Å². The van der Waals surface area contributed by atoms with Crippen LogP contribution in [0.15, 0.2) is 0 Å². The number of halogens is 1. The van der Waals surface area contributed by atoms with Gasteiger partial charge in [0.2, 0.25) is 0 Å². The topological polar surface area (TPSA) is 0 Å². The molecule has 0 saturated carbocycles. The van der Waals surface area contributed by atoms with E-state index in [0.717, 1.165) is 0 Å². The molecule has 0 aliphatic rings. The van der Waals surface area contributed by atoms with Crippen molar-refractivity contribution in [2.24, 2.45) is 0 Å². The fraction of sp³-hybridized carbons (Fsp3) is 0.750. The van der Waals surface area contributed by atoms with Gasteiger partial charge in [-0.1, -0.05) is 33.9 Å². The molecule has 0 rings (SSSR count). The van der Waals surface area contributed by atoms with Crippen molar-refractivity contribution < 1.29 is 0 Å². The molecule has 0 unspecified atom stereocenters. The van der Waals surface area contributed by atoms with Gasteiger partial charge in [0, 0.05) is 0 Å². The van der Waals surface area contributed by atoms with Gasteiger partial charge >= 0.3 is 0 Å². The van der Waals surface area contributed by atoms with E-state index in [1.54, 1.807) is 0 Å². The maximum absolute atomic E-state index is 5.40. The normalized spacial score (nSPS) is 11.6. The van der Waals surface area contributed by atoms with Gasteiger partial charge in [-0.05, 0) is 5.04 Å². The summed E-state index contributed by atoms with van der Waals surface area (Å²) in [6.45, 7) is 11.1. The van der Waals surface area contributed by atoms with Gasteiger partial charge in [0.1, 0.15) is 8.07 Å². The first-order valence-corrected chi connectivity index (χ1v) is 6.29. The van der Waals surface area contributed by atoms with Crippen molar-refractivity contribution in [3.63, 3.8) is 0 Å². The molecule has 0 atom stereocenters. The Kier molecular flexibility index (Phi) is 4.63. The van der Waals surface area contributed by atoms with Gasteiger partial charge in [0.05, 0.1) is 0 Å². The van der Waals surface area contributed by atoms with Gasteiger partial charge < -0.3 is 0 Å². The third-order valence-corrected chi connectivity index (χ3v) is 6.71. The van der Waals surface area contributed by atoms with Crippen molar-refractivity contribution in [3.05, 3.63) is 0 Å². The van der Waals surface area contributed by atoms with Crippen LogP contribution in [0, 0.1) is 12.0 Å². The van der Waals surface area contributed by atoms with Crippen molar-refractivity contribution in [1.29, 1.82) is 0 Å². The van der Waals surface area contributed by atoms with E-state index in [1.807, 2.05) is 0 Å². The third kappa shape index (κ3) is 2.89. The zero-order chi connectivity index (χ0) is 7.71. The van der Waals surface area contributed by atoms with Crippen molar-refractivity contribution in [2.45, 2.75) is 38.9 Å². The molecule has 0 N–H and O–H groups in total. The molecule has 0 aliphatic carbocycles. The summed E-state index contributed by atoms with van der Waals surface area (Å²) in [5, 5.41) is 0.349. The number of hydrogen-bond acceptors (Lipinski definition) is 0. The van der Waals surface area contributed by atoms with Crippen molar-refractivity contribution in [3.8, 4) is 12.0 Å². The summed E-state index contributed by atoms with van der Waals surface area (Å²) in [7, 11) is -1.35. The molecular formula is C8H17BrSi. The molecule has 0 amide bonds. The van der Waals surface area contributed by atoms with E-state index in [-0.39, 0.29) is 17.0 Å². The molecule has 0 heterocycles. The van der Waals surface area contributed by atoms with E-state index in [1.165, 1.54) is 0 Å². The van der Waals surface area contributed by atoms with E-state index >= 15 is 0 Å². The second-order valence-electron chi connectivity index (χ2n) is 4.02. The minimum absolute atomic E-state index is 0. The summed E-state index contributed by atoms with van der Waals surface area (Å²) < 4.78 is 0. The highest BCUT2D eigenvalue weighted by molar-refractivity contribution is 8.93. The first-order valence-electron chi connectivity index (χ1n) is 3.29. The molecule has 2 heteroatoms. The molecule has 60 valence electrons. The second-order valence-corrected chi connectivity index (χ2v) is 9.06. The molecular weight excluding hydrogens is 204 g/mol. The van der Waals surface area contributed by atoms with Crippen LogP contribution in [-0.4, -0.2) is 8.07 Å². The summed E-state index contributed by atoms with van der Waals surface area (Å²) in [5.74, 6) is 0. The lowest BCUT2D eigenvalue weighted by atomic mass is 10.2. The Bertz CT molecular complexity index is 136. The Morgan fingerprint density at radius 2 is 1.50 bits per heavy atom. The van der Waals surface area contributed by atoms with E-state index in [2.05, 4.69) is 39.4 Å². The molecule has 0 aliphatic heterocycles. The highest BCUT2D eigenvalue weighted by atomic mass is 79.9. The average molecular weight is 221 g/mol. The van der Waals surface area contributed by atoms with Crippen LogP contribution >= 0.6 is 17.0 Å². The molecule has 0 bridgehead atoms. The van der Waals surface area contributed by atoms with Crippen LogP contribution in [0.3, 0.4) is 0 Å². The zero-order valence-electron chi connectivity index (χ0n) is 7.49. The van der Waals surface area contributed by atoms with Crippen LogP contribution in [0.4, 0.5) is 0 Å². The first kappa shape index (κ1) is 12.9. The van der Waals surface area contributed by atoms with Gasteiger partial charge in [0.25, 0.3) is 0 Å². The zero-order valence-corrected chi connectivity index (χ0v) is 10.2. The molecule has 0 aromatic rings. The standard InChI is InChI=1S/C8H16Si.BrH/c1-7-9(5,6)8(2,3)4;/h1H,2-6H3;1H. The average Bonchev–Trinajstić information content (AvgIpc) is 1.64. The SMILES string of the molecule is Br.C#C[Si](C)(C)C(C)(C)C. The molecule has 0 radical (unpaired) electrons. The Balaban J connectivity index is 0. The Morgan fingerprint density at radius 1 is 1.20 bits per heavy atom. The van der Waals surface area contributed by atoms with Crippen LogP contribution in [0.5, 0.6) is 0 Å². The predicted molar refractivity (Wildman–Crippen MR) is 56.4 cm³/mol. The van der Waals surface area contributed by atoms with Crippen molar-refractivity contribution in [1.82, 2.24) is 0 Å². The highest BCUT2D eigenvalue weighted by Crippen LogP contribution is 2.34. The molecule has 10 heavy (non-hydrogen) atoms. The molecule has 0 nitrogen and oxygen atoms in total. The maximum Gasteiger partial charge on any atom is 0.137 e. The van der Waals surface area contributed by atoms with E-state index < -0.39 is 8.07 Å². The van der Waals surface area contributed by atoms with Crippen LogP contribution in [0.1, 0.15) is 20.8 Å². The summed E-state index contributed by atoms with van der Waals surface area (Å²) in [4.78, 5) is 0. The lowest BCUT2D eigenvalue weighted by Gasteiger charge is -2.31. The van der Waals surface area contributed by atoms with Crippen molar-refractivity contribution >= 4 is 25.1 Å². The summed E-state index contributed by atoms with van der Waals surface area (Å²) in [6, 6.07) is 0. The highest BCUT2D eigenvalue weighted by Gasteiger charge is 2.33. The van der Waals surface area contributed by atoms with Crippen LogP contribution in [0.25, 0.3) is 0 Å². The predicted octanol–water partition coefficient (Wildman–Crippen LogP) is 3.25. The van der Waals surface area contributed by atoms with Crippen molar-refractivity contribution in [2.75, 3.05) is 0 Å². The lowest BCUT2D eigenvalue weighted by Crippen LogP contribution is -2.35. The largest absolute Gasteiger partial charge is 0.137 e. The molecule has 0 spiro atoms. The fourth-order valence-corrected chi connectivity index (χ4v) is 0.650.